The second-order valence-corrected chi connectivity index (χ2v) is 7.78. The summed E-state index contributed by atoms with van der Waals surface area (Å²) in [6.45, 7) is 4.46. The van der Waals surface area contributed by atoms with Gasteiger partial charge in [-0.25, -0.2) is 4.68 Å². The van der Waals surface area contributed by atoms with Crippen molar-refractivity contribution in [3.8, 4) is 5.69 Å². The molecule has 2 amide bonds. The number of aromatic nitrogens is 2. The Morgan fingerprint density at radius 1 is 1.17 bits per heavy atom. The van der Waals surface area contributed by atoms with Crippen LogP contribution in [0.5, 0.6) is 0 Å². The molecule has 1 aromatic heterocycles. The summed E-state index contributed by atoms with van der Waals surface area (Å²) in [7, 11) is 1.63. The van der Waals surface area contributed by atoms with E-state index in [0.717, 1.165) is 48.2 Å². The molecule has 4 rings (SSSR count). The van der Waals surface area contributed by atoms with Crippen LogP contribution < -0.4 is 0 Å². The molecule has 7 nitrogen and oxygen atoms in total. The maximum absolute atomic E-state index is 13.4. The smallest absolute Gasteiger partial charge is 0.275 e. The first-order valence-corrected chi connectivity index (χ1v) is 10.3. The first-order valence-electron chi connectivity index (χ1n) is 10.3. The van der Waals surface area contributed by atoms with Crippen molar-refractivity contribution in [3.05, 3.63) is 46.8 Å². The van der Waals surface area contributed by atoms with Gasteiger partial charge in [0.1, 0.15) is 6.54 Å². The van der Waals surface area contributed by atoms with E-state index < -0.39 is 0 Å². The lowest BCUT2D eigenvalue weighted by Crippen LogP contribution is -2.40. The number of rotatable bonds is 5. The highest BCUT2D eigenvalue weighted by Gasteiger charge is 2.32. The van der Waals surface area contributed by atoms with Crippen LogP contribution in [0.15, 0.2) is 24.3 Å². The number of ether oxygens (including phenoxy) is 1. The van der Waals surface area contributed by atoms with Gasteiger partial charge in [-0.1, -0.05) is 18.2 Å². The van der Waals surface area contributed by atoms with Gasteiger partial charge in [-0.3, -0.25) is 9.59 Å². The number of amides is 2. The third-order valence-corrected chi connectivity index (χ3v) is 5.86. The van der Waals surface area contributed by atoms with Crippen LogP contribution in [0.25, 0.3) is 5.69 Å². The van der Waals surface area contributed by atoms with E-state index in [1.807, 2.05) is 22.9 Å². The molecule has 29 heavy (non-hydrogen) atoms. The van der Waals surface area contributed by atoms with Crippen LogP contribution in [-0.2, 0) is 22.4 Å². The molecule has 0 radical (unpaired) electrons. The monoisotopic (exact) mass is 396 g/mol. The van der Waals surface area contributed by atoms with Gasteiger partial charge in [-0.15, -0.1) is 0 Å². The average Bonchev–Trinajstić information content (AvgIpc) is 3.27. The standard InChI is InChI=1S/C22H28N4O3/c1-16-7-3-4-9-18(16)26-19-10-5-8-17(19)21(23-26)22(28)25-12-6-11-24(13-14-29-2)20(27)15-25/h3-4,7,9H,5-6,8,10-15H2,1-2H3. The second kappa shape index (κ2) is 8.37. The Balaban J connectivity index is 1.61. The van der Waals surface area contributed by atoms with E-state index in [2.05, 4.69) is 13.0 Å². The van der Waals surface area contributed by atoms with Crippen molar-refractivity contribution in [1.82, 2.24) is 19.6 Å². The van der Waals surface area contributed by atoms with E-state index in [1.54, 1.807) is 16.9 Å². The molecular formula is C22H28N4O3. The zero-order valence-electron chi connectivity index (χ0n) is 17.2. The molecule has 2 aromatic rings. The fraction of sp³-hybridized carbons (Fsp3) is 0.500. The number of hydrogen-bond acceptors (Lipinski definition) is 4. The van der Waals surface area contributed by atoms with Gasteiger partial charge in [0, 0.05) is 38.0 Å². The maximum atomic E-state index is 13.4. The molecule has 7 heteroatoms. The van der Waals surface area contributed by atoms with Crippen molar-refractivity contribution < 1.29 is 14.3 Å². The summed E-state index contributed by atoms with van der Waals surface area (Å²) >= 11 is 0. The third-order valence-electron chi connectivity index (χ3n) is 5.86. The second-order valence-electron chi connectivity index (χ2n) is 7.78. The topological polar surface area (TPSA) is 67.7 Å². The molecule has 1 fully saturated rings. The molecule has 154 valence electrons. The van der Waals surface area contributed by atoms with Gasteiger partial charge >= 0.3 is 0 Å². The summed E-state index contributed by atoms with van der Waals surface area (Å²) in [6.07, 6.45) is 3.59. The highest BCUT2D eigenvalue weighted by atomic mass is 16.5. The molecule has 0 bridgehead atoms. The number of methoxy groups -OCH3 is 1. The van der Waals surface area contributed by atoms with E-state index in [-0.39, 0.29) is 18.4 Å². The molecule has 1 saturated heterocycles. The van der Waals surface area contributed by atoms with Crippen molar-refractivity contribution in [3.63, 3.8) is 0 Å². The lowest BCUT2D eigenvalue weighted by Gasteiger charge is -2.21. The Bertz CT molecular complexity index is 921. The average molecular weight is 396 g/mol. The number of benzene rings is 1. The van der Waals surface area contributed by atoms with E-state index in [1.165, 1.54) is 0 Å². The zero-order chi connectivity index (χ0) is 20.4. The van der Waals surface area contributed by atoms with Crippen molar-refractivity contribution in [2.75, 3.05) is 39.9 Å². The van der Waals surface area contributed by atoms with E-state index in [0.29, 0.717) is 31.9 Å². The van der Waals surface area contributed by atoms with E-state index in [4.69, 9.17) is 9.84 Å². The summed E-state index contributed by atoms with van der Waals surface area (Å²) < 4.78 is 7.03. The number of carbonyl (C=O) groups is 2. The largest absolute Gasteiger partial charge is 0.383 e. The van der Waals surface area contributed by atoms with Gasteiger partial charge in [-0.05, 0) is 44.2 Å². The van der Waals surface area contributed by atoms with Crippen molar-refractivity contribution in [1.29, 1.82) is 0 Å². The lowest BCUT2D eigenvalue weighted by molar-refractivity contribution is -0.131. The number of carbonyl (C=O) groups excluding carboxylic acids is 2. The molecule has 1 aliphatic carbocycles. The van der Waals surface area contributed by atoms with Gasteiger partial charge in [-0.2, -0.15) is 5.10 Å². The Morgan fingerprint density at radius 2 is 2.00 bits per heavy atom. The van der Waals surface area contributed by atoms with Gasteiger partial charge < -0.3 is 14.5 Å². The first kappa shape index (κ1) is 19.6. The zero-order valence-corrected chi connectivity index (χ0v) is 17.2. The predicted molar refractivity (Wildman–Crippen MR) is 109 cm³/mol. The van der Waals surface area contributed by atoms with Crippen molar-refractivity contribution >= 4 is 11.8 Å². The van der Waals surface area contributed by atoms with Crippen LogP contribution in [0.1, 0.15) is 40.2 Å². The van der Waals surface area contributed by atoms with Crippen LogP contribution in [0, 0.1) is 6.92 Å². The lowest BCUT2D eigenvalue weighted by atomic mass is 10.1. The Hall–Kier alpha value is -2.67. The Morgan fingerprint density at radius 3 is 2.79 bits per heavy atom. The summed E-state index contributed by atoms with van der Waals surface area (Å²) in [4.78, 5) is 29.4. The van der Waals surface area contributed by atoms with Crippen LogP contribution in [-0.4, -0.2) is 71.3 Å². The molecule has 0 atom stereocenters. The molecule has 0 N–H and O–H groups in total. The molecule has 1 aromatic carbocycles. The number of hydrogen-bond donors (Lipinski definition) is 0. The number of para-hydroxylation sites is 1. The fourth-order valence-electron chi connectivity index (χ4n) is 4.29. The minimum atomic E-state index is -0.127. The minimum Gasteiger partial charge on any atom is -0.383 e. The Labute approximate surface area is 171 Å². The summed E-state index contributed by atoms with van der Waals surface area (Å²) in [5, 5.41) is 4.74. The Kier molecular flexibility index (Phi) is 5.67. The number of nitrogens with zero attached hydrogens (tertiary/aromatic N) is 4. The summed E-state index contributed by atoms with van der Waals surface area (Å²) in [5.74, 6) is -0.152. The van der Waals surface area contributed by atoms with Gasteiger partial charge in [0.05, 0.1) is 12.3 Å². The highest BCUT2D eigenvalue weighted by Crippen LogP contribution is 2.29. The van der Waals surface area contributed by atoms with Crippen LogP contribution in [0.4, 0.5) is 0 Å². The number of fused-ring (bicyclic) bond motifs is 1. The molecule has 0 unspecified atom stereocenters. The van der Waals surface area contributed by atoms with Crippen LogP contribution in [0.2, 0.25) is 0 Å². The quantitative estimate of drug-likeness (QED) is 0.775. The summed E-state index contributed by atoms with van der Waals surface area (Å²) in [6, 6.07) is 8.10. The third kappa shape index (κ3) is 3.79. The normalized spacial score (nSPS) is 16.8. The van der Waals surface area contributed by atoms with Crippen LogP contribution in [0.3, 0.4) is 0 Å². The highest BCUT2D eigenvalue weighted by molar-refractivity contribution is 5.96. The van der Waals surface area contributed by atoms with E-state index >= 15 is 0 Å². The molecule has 2 aliphatic rings. The van der Waals surface area contributed by atoms with Crippen LogP contribution >= 0.6 is 0 Å². The molecule has 0 saturated carbocycles. The van der Waals surface area contributed by atoms with Gasteiger partial charge in [0.25, 0.3) is 5.91 Å². The molecular weight excluding hydrogens is 368 g/mol. The number of aryl methyl sites for hydroxylation is 1. The fourth-order valence-corrected chi connectivity index (χ4v) is 4.29. The summed E-state index contributed by atoms with van der Waals surface area (Å²) in [5.41, 5.74) is 4.83. The molecule has 2 heterocycles. The van der Waals surface area contributed by atoms with Gasteiger partial charge in [0.15, 0.2) is 5.69 Å². The maximum Gasteiger partial charge on any atom is 0.275 e. The molecule has 1 aliphatic heterocycles. The first-order chi connectivity index (χ1) is 14.1. The SMILES string of the molecule is COCCN1CCCN(C(=O)c2nn(-c3ccccc3C)c3c2CCC3)CC1=O. The minimum absolute atomic E-state index is 0.0251. The molecule has 0 spiro atoms. The predicted octanol–water partition coefficient (Wildman–Crippen LogP) is 1.99. The van der Waals surface area contributed by atoms with Crippen molar-refractivity contribution in [2.24, 2.45) is 0 Å². The van der Waals surface area contributed by atoms with Crippen molar-refractivity contribution in [2.45, 2.75) is 32.6 Å². The van der Waals surface area contributed by atoms with Gasteiger partial charge in [0.2, 0.25) is 5.91 Å². The van der Waals surface area contributed by atoms with E-state index in [9.17, 15) is 9.59 Å².